The van der Waals surface area contributed by atoms with Crippen molar-refractivity contribution in [2.45, 2.75) is 6.92 Å². The number of pyridine rings is 1. The number of carbonyl (C=O) groups is 2. The number of nitrogens with zero attached hydrogens (tertiary/aromatic N) is 1. The number of carbonyl (C=O) groups excluding carboxylic acids is 1. The molecule has 0 saturated carbocycles. The number of nitrogens with one attached hydrogen (secondary N) is 1. The molecule has 108 valence electrons. The van der Waals surface area contributed by atoms with Gasteiger partial charge < -0.3 is 15.2 Å². The van der Waals surface area contributed by atoms with Gasteiger partial charge in [0.2, 0.25) is 5.88 Å². The number of benzene rings is 1. The molecule has 2 N–H and O–H groups in total. The first kappa shape index (κ1) is 14.5. The van der Waals surface area contributed by atoms with Gasteiger partial charge >= 0.3 is 5.97 Å². The van der Waals surface area contributed by atoms with Crippen LogP contribution in [0.4, 0.5) is 5.69 Å². The number of aromatic nitrogens is 1. The summed E-state index contributed by atoms with van der Waals surface area (Å²) in [6.07, 6.45) is 1.39. The van der Waals surface area contributed by atoms with Crippen molar-refractivity contribution in [3.8, 4) is 5.88 Å². The predicted molar refractivity (Wildman–Crippen MR) is 76.9 cm³/mol. The molecule has 0 aliphatic rings. The fraction of sp³-hybridized carbons (Fsp3) is 0.133. The summed E-state index contributed by atoms with van der Waals surface area (Å²) in [6, 6.07) is 7.87. The van der Waals surface area contributed by atoms with Gasteiger partial charge in [-0.15, -0.1) is 0 Å². The normalized spacial score (nSPS) is 10.0. The van der Waals surface area contributed by atoms with Gasteiger partial charge in [-0.05, 0) is 30.7 Å². The van der Waals surface area contributed by atoms with Crippen LogP contribution in [0.15, 0.2) is 36.5 Å². The van der Waals surface area contributed by atoms with Crippen LogP contribution in [0.1, 0.15) is 26.3 Å². The maximum atomic E-state index is 12.0. The lowest BCUT2D eigenvalue weighted by molar-refractivity contribution is 0.0695. The third kappa shape index (κ3) is 3.36. The number of carboxylic acids is 1. The van der Waals surface area contributed by atoms with E-state index in [0.717, 1.165) is 0 Å². The van der Waals surface area contributed by atoms with Crippen molar-refractivity contribution in [2.75, 3.05) is 12.4 Å². The van der Waals surface area contributed by atoms with Gasteiger partial charge in [0.05, 0.1) is 18.2 Å². The second-order valence-corrected chi connectivity index (χ2v) is 4.38. The van der Waals surface area contributed by atoms with Crippen LogP contribution in [-0.2, 0) is 0 Å². The Morgan fingerprint density at radius 1 is 1.24 bits per heavy atom. The molecule has 0 atom stereocenters. The van der Waals surface area contributed by atoms with Crippen molar-refractivity contribution < 1.29 is 19.4 Å². The Kier molecular flexibility index (Phi) is 4.18. The average Bonchev–Trinajstić information content (AvgIpc) is 2.49. The van der Waals surface area contributed by atoms with Gasteiger partial charge in [-0.1, -0.05) is 6.07 Å². The maximum absolute atomic E-state index is 12.0. The van der Waals surface area contributed by atoms with Crippen molar-refractivity contribution in [2.24, 2.45) is 0 Å². The van der Waals surface area contributed by atoms with Gasteiger partial charge in [-0.3, -0.25) is 4.79 Å². The van der Waals surface area contributed by atoms with Crippen LogP contribution in [-0.4, -0.2) is 29.1 Å². The maximum Gasteiger partial charge on any atom is 0.336 e. The first-order chi connectivity index (χ1) is 10.0. The first-order valence-electron chi connectivity index (χ1n) is 6.16. The molecule has 0 fully saturated rings. The number of anilines is 1. The molecule has 0 unspecified atom stereocenters. The van der Waals surface area contributed by atoms with E-state index < -0.39 is 5.97 Å². The van der Waals surface area contributed by atoms with Crippen LogP contribution in [0.25, 0.3) is 0 Å². The molecule has 0 spiro atoms. The molecule has 6 heteroatoms. The summed E-state index contributed by atoms with van der Waals surface area (Å²) in [4.78, 5) is 27.0. The van der Waals surface area contributed by atoms with Crippen LogP contribution in [0.3, 0.4) is 0 Å². The van der Waals surface area contributed by atoms with Crippen molar-refractivity contribution in [1.82, 2.24) is 4.98 Å². The molecular weight excluding hydrogens is 272 g/mol. The highest BCUT2D eigenvalue weighted by Crippen LogP contribution is 2.16. The van der Waals surface area contributed by atoms with E-state index in [0.29, 0.717) is 22.7 Å². The zero-order valence-electron chi connectivity index (χ0n) is 11.6. The zero-order chi connectivity index (χ0) is 15.4. The molecule has 1 aromatic heterocycles. The summed E-state index contributed by atoms with van der Waals surface area (Å²) in [7, 11) is 1.49. The highest BCUT2D eigenvalue weighted by molar-refractivity contribution is 6.04. The molecule has 0 saturated heterocycles. The Bertz CT molecular complexity index is 681. The van der Waals surface area contributed by atoms with Gasteiger partial charge in [-0.2, -0.15) is 0 Å². The largest absolute Gasteiger partial charge is 0.481 e. The fourth-order valence-corrected chi connectivity index (χ4v) is 1.77. The molecule has 2 aromatic rings. The second kappa shape index (κ2) is 6.04. The Morgan fingerprint density at radius 2 is 2.00 bits per heavy atom. The number of hydrogen-bond acceptors (Lipinski definition) is 4. The molecule has 2 rings (SSSR count). The topological polar surface area (TPSA) is 88.5 Å². The average molecular weight is 286 g/mol. The Balaban J connectivity index is 2.19. The van der Waals surface area contributed by atoms with Crippen LogP contribution < -0.4 is 10.1 Å². The number of hydrogen-bond donors (Lipinski definition) is 2. The van der Waals surface area contributed by atoms with Crippen LogP contribution in [0, 0.1) is 6.92 Å². The van der Waals surface area contributed by atoms with E-state index in [1.807, 2.05) is 0 Å². The summed E-state index contributed by atoms with van der Waals surface area (Å²) < 4.78 is 4.91. The van der Waals surface area contributed by atoms with E-state index in [9.17, 15) is 9.59 Å². The highest BCUT2D eigenvalue weighted by atomic mass is 16.5. The summed E-state index contributed by atoms with van der Waals surface area (Å²) in [5, 5.41) is 11.7. The Labute approximate surface area is 121 Å². The SMILES string of the molecule is COc1ccc(C(=O)Nc2ccc(C)c(C(=O)O)c2)cn1. The lowest BCUT2D eigenvalue weighted by Crippen LogP contribution is -2.13. The minimum atomic E-state index is -1.03. The van der Waals surface area contributed by atoms with E-state index in [1.54, 1.807) is 31.2 Å². The van der Waals surface area contributed by atoms with E-state index in [1.165, 1.54) is 19.4 Å². The minimum absolute atomic E-state index is 0.153. The third-order valence-electron chi connectivity index (χ3n) is 2.93. The van der Waals surface area contributed by atoms with Gasteiger partial charge in [0.1, 0.15) is 0 Å². The smallest absolute Gasteiger partial charge is 0.336 e. The molecule has 21 heavy (non-hydrogen) atoms. The molecule has 0 aliphatic carbocycles. The summed E-state index contributed by atoms with van der Waals surface area (Å²) >= 11 is 0. The molecule has 0 aliphatic heterocycles. The number of amides is 1. The quantitative estimate of drug-likeness (QED) is 0.900. The number of ether oxygens (including phenoxy) is 1. The minimum Gasteiger partial charge on any atom is -0.481 e. The van der Waals surface area contributed by atoms with Gasteiger partial charge in [0.25, 0.3) is 5.91 Å². The Hall–Kier alpha value is -2.89. The van der Waals surface area contributed by atoms with Crippen LogP contribution in [0.2, 0.25) is 0 Å². The molecule has 0 bridgehead atoms. The Morgan fingerprint density at radius 3 is 2.57 bits per heavy atom. The zero-order valence-corrected chi connectivity index (χ0v) is 11.6. The van der Waals surface area contributed by atoms with Gasteiger partial charge in [-0.25, -0.2) is 9.78 Å². The van der Waals surface area contributed by atoms with Crippen molar-refractivity contribution in [1.29, 1.82) is 0 Å². The first-order valence-corrected chi connectivity index (χ1v) is 6.16. The van der Waals surface area contributed by atoms with E-state index >= 15 is 0 Å². The van der Waals surface area contributed by atoms with Crippen molar-refractivity contribution in [3.63, 3.8) is 0 Å². The highest BCUT2D eigenvalue weighted by Gasteiger charge is 2.11. The standard InChI is InChI=1S/C15H14N2O4/c1-9-3-5-11(7-12(9)15(19)20)17-14(18)10-4-6-13(21-2)16-8-10/h3-8H,1-2H3,(H,17,18)(H,19,20). The van der Waals surface area contributed by atoms with E-state index in [-0.39, 0.29) is 11.5 Å². The predicted octanol–water partition coefficient (Wildman–Crippen LogP) is 2.35. The summed E-state index contributed by atoms with van der Waals surface area (Å²) in [5.41, 5.74) is 1.55. The fourth-order valence-electron chi connectivity index (χ4n) is 1.77. The van der Waals surface area contributed by atoms with E-state index in [4.69, 9.17) is 9.84 Å². The lowest BCUT2D eigenvalue weighted by Gasteiger charge is -2.08. The molecule has 6 nitrogen and oxygen atoms in total. The van der Waals surface area contributed by atoms with Crippen LogP contribution in [0.5, 0.6) is 5.88 Å². The van der Waals surface area contributed by atoms with Crippen LogP contribution >= 0.6 is 0 Å². The molecule has 1 heterocycles. The molecule has 0 radical (unpaired) electrons. The summed E-state index contributed by atoms with van der Waals surface area (Å²) in [6.45, 7) is 1.70. The molecule has 1 amide bonds. The number of aryl methyl sites for hydroxylation is 1. The lowest BCUT2D eigenvalue weighted by atomic mass is 10.1. The number of methoxy groups -OCH3 is 1. The monoisotopic (exact) mass is 286 g/mol. The molecule has 1 aromatic carbocycles. The van der Waals surface area contributed by atoms with Gasteiger partial charge in [0.15, 0.2) is 0 Å². The van der Waals surface area contributed by atoms with E-state index in [2.05, 4.69) is 10.3 Å². The number of carboxylic acid groups (broad SMARTS) is 1. The number of aromatic carboxylic acids is 1. The molecular formula is C15H14N2O4. The summed E-state index contributed by atoms with van der Waals surface area (Å²) in [5.74, 6) is -0.991. The van der Waals surface area contributed by atoms with Crippen molar-refractivity contribution >= 4 is 17.6 Å². The third-order valence-corrected chi connectivity index (χ3v) is 2.93. The van der Waals surface area contributed by atoms with Crippen molar-refractivity contribution in [3.05, 3.63) is 53.2 Å². The van der Waals surface area contributed by atoms with Gasteiger partial charge in [0, 0.05) is 18.0 Å². The second-order valence-electron chi connectivity index (χ2n) is 4.38. The number of rotatable bonds is 4.